The summed E-state index contributed by atoms with van der Waals surface area (Å²) in [5.74, 6) is -0.325. The number of aromatic nitrogens is 1. The van der Waals surface area contributed by atoms with Crippen LogP contribution < -0.4 is 10.1 Å². The average Bonchev–Trinajstić information content (AvgIpc) is 2.38. The van der Waals surface area contributed by atoms with Crippen molar-refractivity contribution in [1.82, 2.24) is 4.98 Å². The Morgan fingerprint density at radius 3 is 2.30 bits per heavy atom. The van der Waals surface area contributed by atoms with E-state index in [2.05, 4.69) is 15.0 Å². The summed E-state index contributed by atoms with van der Waals surface area (Å²) < 4.78 is 52.2. The third kappa shape index (κ3) is 4.42. The van der Waals surface area contributed by atoms with Crippen molar-refractivity contribution in [2.45, 2.75) is 12.9 Å². The molecule has 1 heterocycles. The van der Waals surface area contributed by atoms with Gasteiger partial charge in [0.05, 0.1) is 6.20 Å². The molecule has 1 aromatic heterocycles. The van der Waals surface area contributed by atoms with E-state index in [-0.39, 0.29) is 11.6 Å². The molecule has 0 atom stereocenters. The lowest BCUT2D eigenvalue weighted by Crippen LogP contribution is -2.17. The van der Waals surface area contributed by atoms with Crippen molar-refractivity contribution in [1.29, 1.82) is 0 Å². The molecule has 0 unspecified atom stereocenters. The number of hydrogen-bond acceptors (Lipinski definition) is 3. The van der Waals surface area contributed by atoms with Crippen molar-refractivity contribution in [3.8, 4) is 5.75 Å². The second-order valence-electron chi connectivity index (χ2n) is 3.91. The summed E-state index contributed by atoms with van der Waals surface area (Å²) in [4.78, 5) is 3.79. The maximum absolute atomic E-state index is 12.7. The van der Waals surface area contributed by atoms with Crippen LogP contribution in [0.3, 0.4) is 0 Å². The third-order valence-electron chi connectivity index (χ3n) is 2.36. The SMILES string of the molecule is Fc1ccc(CNc2ccc(OC(F)(F)F)cn2)cc1. The number of benzene rings is 1. The fourth-order valence-electron chi connectivity index (χ4n) is 1.47. The van der Waals surface area contributed by atoms with Crippen LogP contribution in [0.15, 0.2) is 42.6 Å². The molecule has 2 rings (SSSR count). The number of anilines is 1. The van der Waals surface area contributed by atoms with Crippen LogP contribution in [-0.2, 0) is 6.54 Å². The molecule has 0 radical (unpaired) electrons. The summed E-state index contributed by atoms with van der Waals surface area (Å²) in [5.41, 5.74) is 0.823. The van der Waals surface area contributed by atoms with Crippen LogP contribution in [0.5, 0.6) is 5.75 Å². The molecule has 1 aromatic carbocycles. The van der Waals surface area contributed by atoms with Gasteiger partial charge in [0, 0.05) is 6.54 Å². The number of ether oxygens (including phenoxy) is 1. The molecule has 0 amide bonds. The van der Waals surface area contributed by atoms with Gasteiger partial charge >= 0.3 is 6.36 Å². The summed E-state index contributed by atoms with van der Waals surface area (Å²) in [6.45, 7) is 0.382. The Kier molecular flexibility index (Phi) is 4.07. The third-order valence-corrected chi connectivity index (χ3v) is 2.36. The van der Waals surface area contributed by atoms with Crippen molar-refractivity contribution < 1.29 is 22.3 Å². The topological polar surface area (TPSA) is 34.1 Å². The van der Waals surface area contributed by atoms with Gasteiger partial charge in [0.25, 0.3) is 0 Å². The molecule has 20 heavy (non-hydrogen) atoms. The maximum Gasteiger partial charge on any atom is 0.573 e. The minimum Gasteiger partial charge on any atom is -0.404 e. The van der Waals surface area contributed by atoms with Gasteiger partial charge in [-0.2, -0.15) is 0 Å². The Hall–Kier alpha value is -2.31. The van der Waals surface area contributed by atoms with Crippen LogP contribution in [0.1, 0.15) is 5.56 Å². The Balaban J connectivity index is 1.92. The van der Waals surface area contributed by atoms with Crippen LogP contribution in [0.2, 0.25) is 0 Å². The molecule has 0 fully saturated rings. The minimum atomic E-state index is -4.73. The molecule has 3 nitrogen and oxygen atoms in total. The van der Waals surface area contributed by atoms with E-state index in [0.29, 0.717) is 12.4 Å². The number of nitrogens with zero attached hydrogens (tertiary/aromatic N) is 1. The number of halogens is 4. The summed E-state index contributed by atoms with van der Waals surface area (Å²) in [6, 6.07) is 8.38. The van der Waals surface area contributed by atoms with Gasteiger partial charge in [-0.25, -0.2) is 9.37 Å². The largest absolute Gasteiger partial charge is 0.573 e. The van der Waals surface area contributed by atoms with Gasteiger partial charge in [-0.15, -0.1) is 13.2 Å². The van der Waals surface area contributed by atoms with Gasteiger partial charge in [-0.05, 0) is 29.8 Å². The zero-order chi connectivity index (χ0) is 14.6. The van der Waals surface area contributed by atoms with E-state index in [4.69, 9.17) is 0 Å². The molecule has 0 saturated heterocycles. The second kappa shape index (κ2) is 5.77. The molecular formula is C13H10F4N2O. The summed E-state index contributed by atoms with van der Waals surface area (Å²) in [6.07, 6.45) is -3.76. The van der Waals surface area contributed by atoms with Crippen LogP contribution in [0.4, 0.5) is 23.4 Å². The normalized spacial score (nSPS) is 11.2. The maximum atomic E-state index is 12.7. The first-order valence-corrected chi connectivity index (χ1v) is 5.62. The molecule has 7 heteroatoms. The van der Waals surface area contributed by atoms with E-state index in [9.17, 15) is 17.6 Å². The van der Waals surface area contributed by atoms with Crippen molar-refractivity contribution in [3.05, 3.63) is 54.0 Å². The highest BCUT2D eigenvalue weighted by Gasteiger charge is 2.31. The van der Waals surface area contributed by atoms with Crippen LogP contribution in [0, 0.1) is 5.82 Å². The first kappa shape index (κ1) is 14.1. The summed E-state index contributed by atoms with van der Waals surface area (Å²) in [7, 11) is 0. The molecule has 2 aromatic rings. The second-order valence-corrected chi connectivity index (χ2v) is 3.91. The van der Waals surface area contributed by atoms with Gasteiger partial charge in [-0.3, -0.25) is 0 Å². The number of pyridine rings is 1. The van der Waals surface area contributed by atoms with Crippen molar-refractivity contribution in [2.24, 2.45) is 0 Å². The summed E-state index contributed by atoms with van der Waals surface area (Å²) >= 11 is 0. The van der Waals surface area contributed by atoms with Crippen LogP contribution in [0.25, 0.3) is 0 Å². The molecule has 106 valence electrons. The van der Waals surface area contributed by atoms with Crippen molar-refractivity contribution in [3.63, 3.8) is 0 Å². The number of hydrogen-bond donors (Lipinski definition) is 1. The quantitative estimate of drug-likeness (QED) is 0.870. The first-order valence-electron chi connectivity index (χ1n) is 5.62. The van der Waals surface area contributed by atoms with Crippen molar-refractivity contribution >= 4 is 5.82 Å². The highest BCUT2D eigenvalue weighted by atomic mass is 19.4. The van der Waals surface area contributed by atoms with Crippen LogP contribution in [-0.4, -0.2) is 11.3 Å². The zero-order valence-electron chi connectivity index (χ0n) is 10.1. The monoisotopic (exact) mass is 286 g/mol. The molecule has 0 aliphatic carbocycles. The van der Waals surface area contributed by atoms with E-state index in [1.165, 1.54) is 18.2 Å². The van der Waals surface area contributed by atoms with E-state index < -0.39 is 6.36 Å². The Bertz CT molecular complexity index is 552. The Labute approximate surface area is 112 Å². The predicted octanol–water partition coefficient (Wildman–Crippen LogP) is 3.73. The molecule has 1 N–H and O–H groups in total. The van der Waals surface area contributed by atoms with Gasteiger partial charge in [-0.1, -0.05) is 12.1 Å². The van der Waals surface area contributed by atoms with Gasteiger partial charge < -0.3 is 10.1 Å². The smallest absolute Gasteiger partial charge is 0.404 e. The molecular weight excluding hydrogens is 276 g/mol. The van der Waals surface area contributed by atoms with E-state index in [1.807, 2.05) is 0 Å². The van der Waals surface area contributed by atoms with E-state index >= 15 is 0 Å². The Morgan fingerprint density at radius 1 is 1.05 bits per heavy atom. The number of nitrogens with one attached hydrogen (secondary N) is 1. The fraction of sp³-hybridized carbons (Fsp3) is 0.154. The van der Waals surface area contributed by atoms with E-state index in [1.54, 1.807) is 12.1 Å². The van der Waals surface area contributed by atoms with Gasteiger partial charge in [0.15, 0.2) is 0 Å². The summed E-state index contributed by atoms with van der Waals surface area (Å²) in [5, 5.41) is 2.90. The first-order chi connectivity index (χ1) is 9.42. The zero-order valence-corrected chi connectivity index (χ0v) is 10.1. The lowest BCUT2D eigenvalue weighted by Gasteiger charge is -2.09. The predicted molar refractivity (Wildman–Crippen MR) is 64.6 cm³/mol. The molecule has 0 saturated carbocycles. The lowest BCUT2D eigenvalue weighted by molar-refractivity contribution is -0.274. The number of rotatable bonds is 4. The standard InChI is InChI=1S/C13H10F4N2O/c14-10-3-1-9(2-4-10)7-18-12-6-5-11(8-19-12)20-13(15,16)17/h1-6,8H,7H2,(H,18,19). The average molecular weight is 286 g/mol. The highest BCUT2D eigenvalue weighted by Crippen LogP contribution is 2.22. The minimum absolute atomic E-state index is 0.333. The van der Waals surface area contributed by atoms with Gasteiger partial charge in [0.2, 0.25) is 0 Å². The van der Waals surface area contributed by atoms with Gasteiger partial charge in [0.1, 0.15) is 17.4 Å². The molecule has 0 bridgehead atoms. The fourth-order valence-corrected chi connectivity index (χ4v) is 1.47. The highest BCUT2D eigenvalue weighted by molar-refractivity contribution is 5.38. The van der Waals surface area contributed by atoms with Crippen molar-refractivity contribution in [2.75, 3.05) is 5.32 Å². The Morgan fingerprint density at radius 2 is 1.75 bits per heavy atom. The molecule has 0 aliphatic heterocycles. The van der Waals surface area contributed by atoms with Crippen LogP contribution >= 0.6 is 0 Å². The lowest BCUT2D eigenvalue weighted by atomic mass is 10.2. The number of alkyl halides is 3. The molecule has 0 aliphatic rings. The molecule has 0 spiro atoms. The van der Waals surface area contributed by atoms with E-state index in [0.717, 1.165) is 17.8 Å².